The van der Waals surface area contributed by atoms with Gasteiger partial charge in [-0.2, -0.15) is 0 Å². The third-order valence-electron chi connectivity index (χ3n) is 10.2. The molecule has 0 aromatic heterocycles. The fourth-order valence-corrected chi connectivity index (χ4v) is 9.14. The van der Waals surface area contributed by atoms with Gasteiger partial charge in [-0.3, -0.25) is 0 Å². The number of hydrogen-bond acceptors (Lipinski definition) is 2. The minimum absolute atomic E-state index is 0.0352. The summed E-state index contributed by atoms with van der Waals surface area (Å²) in [6, 6.07) is 0. The molecule has 4 saturated carbocycles. The zero-order valence-electron chi connectivity index (χ0n) is 18.5. The molecular formula is C25H44O2. The minimum atomic E-state index is -0.542. The molecule has 0 spiro atoms. The summed E-state index contributed by atoms with van der Waals surface area (Å²) in [6.45, 7) is 11.6. The van der Waals surface area contributed by atoms with Crippen molar-refractivity contribution in [1.29, 1.82) is 0 Å². The summed E-state index contributed by atoms with van der Waals surface area (Å²) in [5.41, 5.74) is 0.434. The normalized spacial score (nSPS) is 51.2. The topological polar surface area (TPSA) is 40.5 Å². The lowest BCUT2D eigenvalue weighted by Gasteiger charge is -2.61. The minimum Gasteiger partial charge on any atom is -0.393 e. The van der Waals surface area contributed by atoms with Gasteiger partial charge in [-0.15, -0.1) is 0 Å². The zero-order valence-corrected chi connectivity index (χ0v) is 18.5. The molecule has 0 heterocycles. The van der Waals surface area contributed by atoms with Crippen LogP contribution in [0.25, 0.3) is 0 Å². The van der Waals surface area contributed by atoms with Crippen molar-refractivity contribution in [3.05, 3.63) is 0 Å². The molecule has 0 unspecified atom stereocenters. The van der Waals surface area contributed by atoms with Gasteiger partial charge in [0, 0.05) is 0 Å². The van der Waals surface area contributed by atoms with Crippen LogP contribution in [-0.4, -0.2) is 21.9 Å². The Morgan fingerprint density at radius 1 is 0.926 bits per heavy atom. The number of rotatable bonds is 3. The van der Waals surface area contributed by atoms with Gasteiger partial charge in [0.15, 0.2) is 0 Å². The first kappa shape index (κ1) is 20.2. The molecule has 4 fully saturated rings. The second-order valence-electron chi connectivity index (χ2n) is 12.3. The van der Waals surface area contributed by atoms with Crippen LogP contribution in [0.4, 0.5) is 0 Å². The molecule has 0 saturated heterocycles. The van der Waals surface area contributed by atoms with Crippen LogP contribution in [0, 0.1) is 46.3 Å². The average Bonchev–Trinajstić information content (AvgIpc) is 2.91. The van der Waals surface area contributed by atoms with Crippen molar-refractivity contribution in [2.24, 2.45) is 46.3 Å². The maximum Gasteiger partial charge on any atom is 0.0594 e. The lowest BCUT2D eigenvalue weighted by molar-refractivity contribution is -0.130. The summed E-state index contributed by atoms with van der Waals surface area (Å²) in [6.07, 6.45) is 12.6. The Kier molecular flexibility index (Phi) is 5.03. The lowest BCUT2D eigenvalue weighted by atomic mass is 9.44. The molecule has 4 aliphatic rings. The third-order valence-corrected chi connectivity index (χ3v) is 10.2. The van der Waals surface area contributed by atoms with Crippen molar-refractivity contribution >= 4 is 0 Å². The van der Waals surface area contributed by atoms with E-state index in [1.165, 1.54) is 44.9 Å². The number of aliphatic hydroxyl groups is 2. The Hall–Kier alpha value is -0.0800. The second kappa shape index (κ2) is 6.73. The smallest absolute Gasteiger partial charge is 0.0594 e. The Morgan fingerprint density at radius 3 is 2.30 bits per heavy atom. The standard InChI is InChI=1S/C25H44O2/c1-16(15-23(2,3)27)20-8-9-21-19-7-6-17-14-18(26)10-12-24(17,4)22(19)11-13-25(20,21)5/h16-22,26-27H,6-15H2,1-5H3/t16-,17+,18-,19+,20-,21+,22+,24+,25-/m1/s1. The highest BCUT2D eigenvalue weighted by atomic mass is 16.3. The van der Waals surface area contributed by atoms with Crippen LogP contribution in [0.15, 0.2) is 0 Å². The predicted octanol–water partition coefficient (Wildman–Crippen LogP) is 5.80. The van der Waals surface area contributed by atoms with Gasteiger partial charge in [-0.25, -0.2) is 0 Å². The molecule has 0 radical (unpaired) electrons. The van der Waals surface area contributed by atoms with Crippen molar-refractivity contribution in [2.75, 3.05) is 0 Å². The molecule has 9 atom stereocenters. The van der Waals surface area contributed by atoms with Crippen LogP contribution in [0.1, 0.15) is 98.8 Å². The van der Waals surface area contributed by atoms with Crippen molar-refractivity contribution < 1.29 is 10.2 Å². The van der Waals surface area contributed by atoms with Gasteiger partial charge in [-0.1, -0.05) is 20.8 Å². The number of fused-ring (bicyclic) bond motifs is 5. The van der Waals surface area contributed by atoms with Crippen molar-refractivity contribution in [3.63, 3.8) is 0 Å². The quantitative estimate of drug-likeness (QED) is 0.653. The summed E-state index contributed by atoms with van der Waals surface area (Å²) in [5.74, 6) is 4.87. The van der Waals surface area contributed by atoms with E-state index >= 15 is 0 Å². The summed E-state index contributed by atoms with van der Waals surface area (Å²) in [5, 5.41) is 20.6. The Balaban J connectivity index is 1.54. The Bertz CT molecular complexity index is 551. The molecule has 27 heavy (non-hydrogen) atoms. The van der Waals surface area contributed by atoms with Crippen molar-refractivity contribution in [1.82, 2.24) is 0 Å². The van der Waals surface area contributed by atoms with Crippen LogP contribution < -0.4 is 0 Å². The van der Waals surface area contributed by atoms with E-state index in [0.29, 0.717) is 16.7 Å². The van der Waals surface area contributed by atoms with Crippen LogP contribution >= 0.6 is 0 Å². The summed E-state index contributed by atoms with van der Waals surface area (Å²) >= 11 is 0. The van der Waals surface area contributed by atoms with Crippen LogP contribution in [-0.2, 0) is 0 Å². The summed E-state index contributed by atoms with van der Waals surface area (Å²) in [7, 11) is 0. The molecule has 4 aliphatic carbocycles. The summed E-state index contributed by atoms with van der Waals surface area (Å²) in [4.78, 5) is 0. The highest BCUT2D eigenvalue weighted by molar-refractivity contribution is 5.09. The van der Waals surface area contributed by atoms with Gasteiger partial charge in [0.05, 0.1) is 11.7 Å². The first-order valence-corrected chi connectivity index (χ1v) is 11.9. The van der Waals surface area contributed by atoms with Crippen LogP contribution in [0.2, 0.25) is 0 Å². The van der Waals surface area contributed by atoms with Gasteiger partial charge >= 0.3 is 0 Å². The van der Waals surface area contributed by atoms with Gasteiger partial charge in [-0.05, 0) is 124 Å². The van der Waals surface area contributed by atoms with Crippen LogP contribution in [0.3, 0.4) is 0 Å². The maximum atomic E-state index is 10.4. The van der Waals surface area contributed by atoms with Gasteiger partial charge < -0.3 is 10.2 Å². The van der Waals surface area contributed by atoms with E-state index < -0.39 is 5.60 Å². The van der Waals surface area contributed by atoms with Gasteiger partial charge in [0.1, 0.15) is 0 Å². The van der Waals surface area contributed by atoms with E-state index in [1.807, 2.05) is 13.8 Å². The predicted molar refractivity (Wildman–Crippen MR) is 111 cm³/mol. The average molecular weight is 377 g/mol. The zero-order chi connectivity index (χ0) is 19.6. The summed E-state index contributed by atoms with van der Waals surface area (Å²) < 4.78 is 0. The number of hydrogen-bond donors (Lipinski definition) is 2. The van der Waals surface area contributed by atoms with E-state index in [2.05, 4.69) is 20.8 Å². The van der Waals surface area contributed by atoms with Gasteiger partial charge in [0.25, 0.3) is 0 Å². The van der Waals surface area contributed by atoms with Crippen LogP contribution in [0.5, 0.6) is 0 Å². The second-order valence-corrected chi connectivity index (χ2v) is 12.3. The third kappa shape index (κ3) is 3.31. The monoisotopic (exact) mass is 376 g/mol. The van der Waals surface area contributed by atoms with E-state index in [1.54, 1.807) is 0 Å². The van der Waals surface area contributed by atoms with E-state index in [4.69, 9.17) is 0 Å². The highest BCUT2D eigenvalue weighted by Gasteiger charge is 2.60. The molecule has 4 rings (SSSR count). The maximum absolute atomic E-state index is 10.4. The largest absolute Gasteiger partial charge is 0.393 e. The molecular weight excluding hydrogens is 332 g/mol. The number of aliphatic hydroxyl groups excluding tert-OH is 1. The molecule has 2 nitrogen and oxygen atoms in total. The van der Waals surface area contributed by atoms with Crippen molar-refractivity contribution in [3.8, 4) is 0 Å². The molecule has 2 N–H and O–H groups in total. The molecule has 0 aromatic carbocycles. The lowest BCUT2D eigenvalue weighted by Crippen LogP contribution is -2.54. The van der Waals surface area contributed by atoms with E-state index in [0.717, 1.165) is 48.9 Å². The van der Waals surface area contributed by atoms with Gasteiger partial charge in [0.2, 0.25) is 0 Å². The molecule has 0 aromatic rings. The fraction of sp³-hybridized carbons (Fsp3) is 1.00. The first-order valence-electron chi connectivity index (χ1n) is 11.9. The highest BCUT2D eigenvalue weighted by Crippen LogP contribution is 2.68. The Labute approximate surface area is 167 Å². The molecule has 156 valence electrons. The first-order chi connectivity index (χ1) is 12.5. The molecule has 0 bridgehead atoms. The SMILES string of the molecule is C[C@H](CC(C)(C)O)[C@H]1CC[C@H]2[C@@H]3CC[C@H]4C[C@H](O)CC[C@]4(C)[C@H]3CC[C@]12C. The Morgan fingerprint density at radius 2 is 1.59 bits per heavy atom. The molecule has 2 heteroatoms. The van der Waals surface area contributed by atoms with E-state index in [-0.39, 0.29) is 6.10 Å². The molecule has 0 aliphatic heterocycles. The van der Waals surface area contributed by atoms with Crippen molar-refractivity contribution in [2.45, 2.75) is 111 Å². The van der Waals surface area contributed by atoms with E-state index in [9.17, 15) is 10.2 Å². The molecule has 0 amide bonds. The fourth-order valence-electron chi connectivity index (χ4n) is 9.14.